The molecule has 3 aromatic rings. The molecule has 1 atom stereocenters. The van der Waals surface area contributed by atoms with E-state index in [4.69, 9.17) is 16.0 Å². The highest BCUT2D eigenvalue weighted by atomic mass is 35.5. The number of carbonyl (C=O) groups excluding carboxylic acids is 1. The largest absolute Gasteiger partial charge is 0.507 e. The van der Waals surface area contributed by atoms with E-state index in [1.807, 2.05) is 0 Å². The predicted molar refractivity (Wildman–Crippen MR) is 92.7 cm³/mol. The molecule has 3 rings (SSSR count). The van der Waals surface area contributed by atoms with E-state index in [0.717, 1.165) is 0 Å². The van der Waals surface area contributed by atoms with E-state index in [-0.39, 0.29) is 23.5 Å². The summed E-state index contributed by atoms with van der Waals surface area (Å²) in [5.74, 6) is -0.842. The molecule has 122 valence electrons. The Kier molecular flexibility index (Phi) is 4.40. The minimum atomic E-state index is -0.646. The highest BCUT2D eigenvalue weighted by molar-refractivity contribution is 6.30. The maximum Gasteiger partial charge on any atom is 0.343 e. The Bertz CT molecular complexity index is 957. The van der Waals surface area contributed by atoms with Crippen LogP contribution in [0.3, 0.4) is 0 Å². The summed E-state index contributed by atoms with van der Waals surface area (Å²) in [6.45, 7) is 1.45. The molecule has 0 aliphatic carbocycles. The highest BCUT2D eigenvalue weighted by Crippen LogP contribution is 2.36. The van der Waals surface area contributed by atoms with Gasteiger partial charge < -0.3 is 9.52 Å². The van der Waals surface area contributed by atoms with Crippen molar-refractivity contribution in [3.05, 3.63) is 75.1 Å². The van der Waals surface area contributed by atoms with Crippen molar-refractivity contribution >= 4 is 28.4 Å². The number of fused-ring (bicyclic) bond motifs is 1. The molecule has 0 unspecified atom stereocenters. The first-order valence-electron chi connectivity index (χ1n) is 7.47. The second kappa shape index (κ2) is 6.49. The fourth-order valence-electron chi connectivity index (χ4n) is 2.82. The zero-order valence-corrected chi connectivity index (χ0v) is 13.7. The standard InChI is InChI=1S/C19H15ClO4/c1-11(21)10-15(12-6-8-13(20)9-7-12)17-18(22)14-4-2-3-5-16(14)24-19(17)23/h2-9,15,22H,10H2,1H3/t15-/m1/s1. The van der Waals surface area contributed by atoms with E-state index >= 15 is 0 Å². The van der Waals surface area contributed by atoms with Crippen molar-refractivity contribution in [1.29, 1.82) is 0 Å². The Hall–Kier alpha value is -2.59. The van der Waals surface area contributed by atoms with Gasteiger partial charge >= 0.3 is 5.63 Å². The molecule has 0 saturated heterocycles. The predicted octanol–water partition coefficient (Wildman–Crippen LogP) is 4.26. The van der Waals surface area contributed by atoms with E-state index in [0.29, 0.717) is 21.6 Å². The topological polar surface area (TPSA) is 67.5 Å². The quantitative estimate of drug-likeness (QED) is 0.719. The fourth-order valence-corrected chi connectivity index (χ4v) is 2.95. The molecular weight excluding hydrogens is 328 g/mol. The number of Topliss-reactive ketones (excluding diaryl/α,β-unsaturated/α-hetero) is 1. The van der Waals surface area contributed by atoms with Gasteiger partial charge in [0.05, 0.1) is 10.9 Å². The Labute approximate surface area is 143 Å². The SMILES string of the molecule is CC(=O)C[C@H](c1ccc(Cl)cc1)c1c(O)c2ccccc2oc1=O. The lowest BCUT2D eigenvalue weighted by Crippen LogP contribution is -2.16. The van der Waals surface area contributed by atoms with Gasteiger partial charge in [-0.2, -0.15) is 0 Å². The number of hydrogen-bond acceptors (Lipinski definition) is 4. The Morgan fingerprint density at radius 1 is 1.17 bits per heavy atom. The van der Waals surface area contributed by atoms with Gasteiger partial charge in [-0.05, 0) is 36.8 Å². The molecule has 1 heterocycles. The zero-order chi connectivity index (χ0) is 17.3. The number of halogens is 1. The summed E-state index contributed by atoms with van der Waals surface area (Å²) in [6.07, 6.45) is 0.0816. The van der Waals surface area contributed by atoms with Crippen LogP contribution in [0.15, 0.2) is 57.7 Å². The van der Waals surface area contributed by atoms with Gasteiger partial charge in [0.2, 0.25) is 0 Å². The molecule has 0 radical (unpaired) electrons. The molecule has 1 N–H and O–H groups in total. The van der Waals surface area contributed by atoms with Crippen molar-refractivity contribution in [1.82, 2.24) is 0 Å². The van der Waals surface area contributed by atoms with E-state index in [9.17, 15) is 14.7 Å². The van der Waals surface area contributed by atoms with Crippen molar-refractivity contribution in [2.45, 2.75) is 19.3 Å². The number of aromatic hydroxyl groups is 1. The maximum absolute atomic E-state index is 12.5. The van der Waals surface area contributed by atoms with Crippen LogP contribution in [0.4, 0.5) is 0 Å². The van der Waals surface area contributed by atoms with Crippen molar-refractivity contribution < 1.29 is 14.3 Å². The van der Waals surface area contributed by atoms with Crippen LogP contribution in [0.1, 0.15) is 30.4 Å². The molecule has 24 heavy (non-hydrogen) atoms. The maximum atomic E-state index is 12.5. The van der Waals surface area contributed by atoms with E-state index < -0.39 is 11.5 Å². The van der Waals surface area contributed by atoms with Crippen molar-refractivity contribution in [3.63, 3.8) is 0 Å². The molecule has 0 amide bonds. The van der Waals surface area contributed by atoms with E-state index in [1.165, 1.54) is 6.92 Å². The van der Waals surface area contributed by atoms with Crippen molar-refractivity contribution in [3.8, 4) is 5.75 Å². The highest BCUT2D eigenvalue weighted by Gasteiger charge is 2.25. The monoisotopic (exact) mass is 342 g/mol. The van der Waals surface area contributed by atoms with Gasteiger partial charge in [-0.1, -0.05) is 35.9 Å². The lowest BCUT2D eigenvalue weighted by atomic mass is 9.87. The number of ketones is 1. The first-order chi connectivity index (χ1) is 11.5. The summed E-state index contributed by atoms with van der Waals surface area (Å²) >= 11 is 5.91. The number of benzene rings is 2. The summed E-state index contributed by atoms with van der Waals surface area (Å²) in [4.78, 5) is 24.2. The average Bonchev–Trinajstić information content (AvgIpc) is 2.54. The van der Waals surface area contributed by atoms with Crippen molar-refractivity contribution in [2.24, 2.45) is 0 Å². The van der Waals surface area contributed by atoms with Crippen LogP contribution < -0.4 is 5.63 Å². The molecule has 0 fully saturated rings. The Morgan fingerprint density at radius 3 is 2.50 bits per heavy atom. The van der Waals surface area contributed by atoms with Gasteiger partial charge in [-0.15, -0.1) is 0 Å². The molecule has 0 spiro atoms. The van der Waals surface area contributed by atoms with Crippen LogP contribution >= 0.6 is 11.6 Å². The first kappa shape index (κ1) is 16.3. The van der Waals surface area contributed by atoms with Gasteiger partial charge in [0.25, 0.3) is 0 Å². The molecule has 2 aromatic carbocycles. The van der Waals surface area contributed by atoms with Crippen LogP contribution in [0.5, 0.6) is 5.75 Å². The number of hydrogen-bond donors (Lipinski definition) is 1. The molecule has 0 saturated carbocycles. The van der Waals surface area contributed by atoms with Gasteiger partial charge in [0.15, 0.2) is 0 Å². The number of carbonyl (C=O) groups is 1. The van der Waals surface area contributed by atoms with Gasteiger partial charge in [0.1, 0.15) is 17.1 Å². The van der Waals surface area contributed by atoms with Crippen LogP contribution in [0.25, 0.3) is 11.0 Å². The lowest BCUT2D eigenvalue weighted by Gasteiger charge is -2.17. The molecule has 0 aliphatic rings. The minimum Gasteiger partial charge on any atom is -0.507 e. The summed E-state index contributed by atoms with van der Waals surface area (Å²) < 4.78 is 5.33. The first-order valence-corrected chi connectivity index (χ1v) is 7.84. The summed E-state index contributed by atoms with van der Waals surface area (Å²) in [5.41, 5.74) is 0.465. The minimum absolute atomic E-state index is 0.0816. The summed E-state index contributed by atoms with van der Waals surface area (Å²) in [6, 6.07) is 13.6. The molecular formula is C19H15ClO4. The third kappa shape index (κ3) is 3.05. The molecule has 4 nitrogen and oxygen atoms in total. The number of rotatable bonds is 4. The van der Waals surface area contributed by atoms with Gasteiger partial charge in [-0.3, -0.25) is 4.79 Å². The smallest absolute Gasteiger partial charge is 0.343 e. The van der Waals surface area contributed by atoms with E-state index in [1.54, 1.807) is 48.5 Å². The third-order valence-electron chi connectivity index (χ3n) is 3.93. The normalized spacial score (nSPS) is 12.2. The fraction of sp³-hybridized carbons (Fsp3) is 0.158. The third-order valence-corrected chi connectivity index (χ3v) is 4.18. The molecule has 1 aromatic heterocycles. The average molecular weight is 343 g/mol. The summed E-state index contributed by atoms with van der Waals surface area (Å²) in [7, 11) is 0. The number of para-hydroxylation sites is 1. The van der Waals surface area contributed by atoms with Crippen LogP contribution in [0.2, 0.25) is 5.02 Å². The molecule has 0 bridgehead atoms. The Balaban J connectivity index is 2.24. The molecule has 0 aliphatic heterocycles. The second-order valence-electron chi connectivity index (χ2n) is 5.66. The van der Waals surface area contributed by atoms with Crippen LogP contribution in [0, 0.1) is 0 Å². The van der Waals surface area contributed by atoms with Crippen LogP contribution in [-0.4, -0.2) is 10.9 Å². The van der Waals surface area contributed by atoms with Gasteiger partial charge in [0, 0.05) is 17.4 Å². The van der Waals surface area contributed by atoms with Gasteiger partial charge in [-0.25, -0.2) is 4.79 Å². The lowest BCUT2D eigenvalue weighted by molar-refractivity contribution is -0.117. The molecule has 5 heteroatoms. The summed E-state index contributed by atoms with van der Waals surface area (Å²) in [5, 5.41) is 11.6. The van der Waals surface area contributed by atoms with Crippen molar-refractivity contribution in [2.75, 3.05) is 0 Å². The van der Waals surface area contributed by atoms with Crippen LogP contribution in [-0.2, 0) is 4.79 Å². The Morgan fingerprint density at radius 2 is 1.83 bits per heavy atom. The van der Waals surface area contributed by atoms with E-state index in [2.05, 4.69) is 0 Å². The second-order valence-corrected chi connectivity index (χ2v) is 6.09. The zero-order valence-electron chi connectivity index (χ0n) is 13.0.